The van der Waals surface area contributed by atoms with Crippen LogP contribution in [0.15, 0.2) is 18.2 Å². The minimum Gasteiger partial charge on any atom is -0.327 e. The van der Waals surface area contributed by atoms with E-state index in [1.54, 1.807) is 0 Å². The molecule has 0 unspecified atom stereocenters. The number of halogens is 2. The van der Waals surface area contributed by atoms with Gasteiger partial charge in [-0.05, 0) is 46.2 Å². The summed E-state index contributed by atoms with van der Waals surface area (Å²) in [5.41, 5.74) is 2.59. The summed E-state index contributed by atoms with van der Waals surface area (Å²) in [6, 6.07) is 6.53. The first-order valence-electron chi connectivity index (χ1n) is 3.81. The molecule has 1 aromatic carbocycles. The van der Waals surface area contributed by atoms with Crippen LogP contribution >= 0.6 is 45.5 Å². The quantitative estimate of drug-likeness (QED) is 0.594. The highest BCUT2D eigenvalue weighted by Crippen LogP contribution is 2.24. The van der Waals surface area contributed by atoms with Crippen LogP contribution in [0.1, 0.15) is 25.3 Å². The molecule has 0 bridgehead atoms. The molecule has 0 aliphatic heterocycles. The fourth-order valence-corrected chi connectivity index (χ4v) is 2.63. The molecule has 0 heterocycles. The van der Waals surface area contributed by atoms with Crippen molar-refractivity contribution in [3.8, 4) is 0 Å². The minimum atomic E-state index is 0.613. The Morgan fingerprint density at radius 2 is 2.00 bits per heavy atom. The van der Waals surface area contributed by atoms with E-state index in [1.165, 1.54) is 14.8 Å². The first-order valence-corrected chi connectivity index (χ1v) is 5.97. The van der Waals surface area contributed by atoms with E-state index in [9.17, 15) is 0 Å². The van der Waals surface area contributed by atoms with Gasteiger partial charge in [0.1, 0.15) is 0 Å². The molecule has 1 rings (SSSR count). The van der Waals surface area contributed by atoms with E-state index < -0.39 is 0 Å². The molecule has 0 aromatic heterocycles. The van der Waals surface area contributed by atoms with Crippen LogP contribution in [-0.2, 0) is 0 Å². The van der Waals surface area contributed by atoms with Crippen molar-refractivity contribution in [2.75, 3.05) is 3.53 Å². The molecule has 0 aliphatic rings. The monoisotopic (exact) mass is 387 g/mol. The van der Waals surface area contributed by atoms with Crippen molar-refractivity contribution in [1.29, 1.82) is 0 Å². The van der Waals surface area contributed by atoms with Crippen LogP contribution in [0, 0.1) is 3.57 Å². The maximum Gasteiger partial charge on any atom is 0.0562 e. The average molecular weight is 387 g/mol. The predicted molar refractivity (Wildman–Crippen MR) is 70.9 cm³/mol. The van der Waals surface area contributed by atoms with E-state index in [0.29, 0.717) is 5.92 Å². The van der Waals surface area contributed by atoms with E-state index in [0.717, 1.165) is 0 Å². The molecule has 0 spiro atoms. The topological polar surface area (TPSA) is 12.0 Å². The van der Waals surface area contributed by atoms with E-state index in [2.05, 4.69) is 81.0 Å². The van der Waals surface area contributed by atoms with Crippen molar-refractivity contribution >= 4 is 51.1 Å². The van der Waals surface area contributed by atoms with Gasteiger partial charge in [0.05, 0.1) is 28.6 Å². The highest BCUT2D eigenvalue weighted by atomic mass is 127. The molecule has 0 fully saturated rings. The first-order chi connectivity index (χ1) is 5.65. The molecule has 66 valence electrons. The summed E-state index contributed by atoms with van der Waals surface area (Å²) in [5.74, 6) is 0.613. The Morgan fingerprint density at radius 1 is 1.33 bits per heavy atom. The zero-order valence-electron chi connectivity index (χ0n) is 7.07. The van der Waals surface area contributed by atoms with Gasteiger partial charge in [-0.1, -0.05) is 19.9 Å². The smallest absolute Gasteiger partial charge is 0.0562 e. The Bertz CT molecular complexity index is 271. The van der Waals surface area contributed by atoms with Gasteiger partial charge in [0, 0.05) is 3.57 Å². The van der Waals surface area contributed by atoms with E-state index in [1.807, 2.05) is 0 Å². The van der Waals surface area contributed by atoms with Gasteiger partial charge in [0.25, 0.3) is 0 Å². The molecule has 3 heteroatoms. The van der Waals surface area contributed by atoms with Gasteiger partial charge in [-0.25, -0.2) is 0 Å². The molecule has 1 nitrogen and oxygen atoms in total. The van der Waals surface area contributed by atoms with Gasteiger partial charge in [0.15, 0.2) is 0 Å². The molecule has 0 aliphatic carbocycles. The predicted octanol–water partition coefficient (Wildman–Crippen LogP) is 4.18. The second-order valence-corrected chi connectivity index (χ2v) is 4.69. The van der Waals surface area contributed by atoms with Crippen molar-refractivity contribution < 1.29 is 0 Å². The third kappa shape index (κ3) is 2.48. The van der Waals surface area contributed by atoms with Crippen LogP contribution in [0.2, 0.25) is 0 Å². The van der Waals surface area contributed by atoms with Crippen molar-refractivity contribution in [3.05, 3.63) is 27.3 Å². The lowest BCUT2D eigenvalue weighted by molar-refractivity contribution is 0.866. The average Bonchev–Trinajstić information content (AvgIpc) is 2.04. The summed E-state index contributed by atoms with van der Waals surface area (Å²) < 4.78 is 4.41. The normalized spacial score (nSPS) is 10.4. The number of rotatable bonds is 2. The molecule has 0 saturated heterocycles. The Hall–Kier alpha value is 0.480. The maximum atomic E-state index is 3.12. The summed E-state index contributed by atoms with van der Waals surface area (Å²) >= 11 is 4.51. The number of benzene rings is 1. The maximum absolute atomic E-state index is 3.12. The molecule has 1 aromatic rings. The van der Waals surface area contributed by atoms with Crippen LogP contribution < -0.4 is 3.53 Å². The van der Waals surface area contributed by atoms with Gasteiger partial charge in [-0.15, -0.1) is 0 Å². The number of nitrogens with one attached hydrogen (secondary N) is 1. The first kappa shape index (κ1) is 10.6. The standard InChI is InChI=1S/C9H11I2N/c1-6(2)7-3-4-9(12-11)8(10)5-7/h3-6,12H,1-2H3. The Kier molecular flexibility index (Phi) is 4.09. The molecular formula is C9H11I2N. The van der Waals surface area contributed by atoms with Gasteiger partial charge >= 0.3 is 0 Å². The Balaban J connectivity index is 3.02. The lowest BCUT2D eigenvalue weighted by Crippen LogP contribution is -1.90. The second-order valence-electron chi connectivity index (χ2n) is 2.99. The van der Waals surface area contributed by atoms with Gasteiger partial charge < -0.3 is 3.53 Å². The minimum absolute atomic E-state index is 0.613. The summed E-state index contributed by atoms with van der Waals surface area (Å²) in [6.07, 6.45) is 0. The highest BCUT2D eigenvalue weighted by Gasteiger charge is 2.02. The van der Waals surface area contributed by atoms with Crippen LogP contribution in [0.4, 0.5) is 5.69 Å². The van der Waals surface area contributed by atoms with E-state index in [-0.39, 0.29) is 0 Å². The Morgan fingerprint density at radius 3 is 2.42 bits per heavy atom. The van der Waals surface area contributed by atoms with Crippen molar-refractivity contribution in [1.82, 2.24) is 0 Å². The molecule has 1 N–H and O–H groups in total. The van der Waals surface area contributed by atoms with Crippen molar-refractivity contribution in [3.63, 3.8) is 0 Å². The highest BCUT2D eigenvalue weighted by molar-refractivity contribution is 14.1. The second kappa shape index (κ2) is 4.64. The van der Waals surface area contributed by atoms with Gasteiger partial charge in [0.2, 0.25) is 0 Å². The molecule has 0 amide bonds. The third-order valence-electron chi connectivity index (χ3n) is 1.76. The Labute approximate surface area is 101 Å². The molecular weight excluding hydrogens is 376 g/mol. The van der Waals surface area contributed by atoms with E-state index >= 15 is 0 Å². The zero-order valence-corrected chi connectivity index (χ0v) is 11.4. The lowest BCUT2D eigenvalue weighted by atomic mass is 10.0. The number of anilines is 1. The van der Waals surface area contributed by atoms with Crippen LogP contribution in [-0.4, -0.2) is 0 Å². The number of hydrogen-bond acceptors (Lipinski definition) is 1. The lowest BCUT2D eigenvalue weighted by Gasteiger charge is -2.08. The molecule has 0 atom stereocenters. The van der Waals surface area contributed by atoms with Crippen LogP contribution in [0.25, 0.3) is 0 Å². The van der Waals surface area contributed by atoms with E-state index in [4.69, 9.17) is 0 Å². The zero-order chi connectivity index (χ0) is 9.14. The fraction of sp³-hybridized carbons (Fsp3) is 0.333. The molecule has 0 radical (unpaired) electrons. The summed E-state index contributed by atoms with van der Waals surface area (Å²) in [6.45, 7) is 4.42. The van der Waals surface area contributed by atoms with Crippen LogP contribution in [0.3, 0.4) is 0 Å². The summed E-state index contributed by atoms with van der Waals surface area (Å²) in [4.78, 5) is 0. The molecule has 12 heavy (non-hydrogen) atoms. The molecule has 0 saturated carbocycles. The van der Waals surface area contributed by atoms with Gasteiger partial charge in [-0.3, -0.25) is 0 Å². The van der Waals surface area contributed by atoms with Crippen molar-refractivity contribution in [2.45, 2.75) is 19.8 Å². The van der Waals surface area contributed by atoms with Crippen LogP contribution in [0.5, 0.6) is 0 Å². The summed E-state index contributed by atoms with van der Waals surface area (Å²) in [7, 11) is 0. The van der Waals surface area contributed by atoms with Crippen molar-refractivity contribution in [2.24, 2.45) is 0 Å². The number of hydrogen-bond donors (Lipinski definition) is 1. The fourth-order valence-electron chi connectivity index (χ4n) is 0.967. The van der Waals surface area contributed by atoms with Gasteiger partial charge in [-0.2, -0.15) is 0 Å². The summed E-state index contributed by atoms with van der Waals surface area (Å²) in [5, 5.41) is 0. The third-order valence-corrected chi connectivity index (χ3v) is 3.24. The SMILES string of the molecule is CC(C)c1ccc(NI)c(I)c1. The largest absolute Gasteiger partial charge is 0.327 e.